The Morgan fingerprint density at radius 1 is 1.19 bits per heavy atom. The van der Waals surface area contributed by atoms with E-state index in [0.29, 0.717) is 6.10 Å². The number of rotatable bonds is 10. The molecule has 1 aliphatic heterocycles. The van der Waals surface area contributed by atoms with Crippen LogP contribution in [0.5, 0.6) is 0 Å². The molecule has 27 heavy (non-hydrogen) atoms. The van der Waals surface area contributed by atoms with Gasteiger partial charge >= 0.3 is 0 Å². The summed E-state index contributed by atoms with van der Waals surface area (Å²) in [5.74, 6) is 0.869. The third-order valence-corrected chi connectivity index (χ3v) is 4.81. The van der Waals surface area contributed by atoms with Crippen molar-refractivity contribution in [3.8, 4) is 0 Å². The maximum Gasteiger partial charge on any atom is 0.190 e. The Kier molecular flexibility index (Phi) is 10.6. The molecule has 1 heterocycles. The Labute approximate surface area is 164 Å². The second kappa shape index (κ2) is 13.3. The fourth-order valence-corrected chi connectivity index (χ4v) is 3.27. The number of nitrogens with zero attached hydrogens (tertiary/aromatic N) is 2. The van der Waals surface area contributed by atoms with Gasteiger partial charge in [-0.1, -0.05) is 42.5 Å². The van der Waals surface area contributed by atoms with E-state index in [9.17, 15) is 0 Å². The van der Waals surface area contributed by atoms with Crippen LogP contribution in [0.3, 0.4) is 0 Å². The lowest BCUT2D eigenvalue weighted by Gasteiger charge is -2.32. The van der Waals surface area contributed by atoms with E-state index in [-0.39, 0.29) is 0 Å². The van der Waals surface area contributed by atoms with Crippen LogP contribution in [-0.2, 0) is 11.3 Å². The van der Waals surface area contributed by atoms with E-state index in [1.54, 1.807) is 0 Å². The Morgan fingerprint density at radius 2 is 1.93 bits per heavy atom. The van der Waals surface area contributed by atoms with Crippen molar-refractivity contribution in [1.82, 2.24) is 15.5 Å². The van der Waals surface area contributed by atoms with Gasteiger partial charge < -0.3 is 15.4 Å². The monoisotopic (exact) mass is 372 g/mol. The molecule has 0 atom stereocenters. The van der Waals surface area contributed by atoms with Gasteiger partial charge in [-0.3, -0.25) is 9.89 Å². The average Bonchev–Trinajstić information content (AvgIpc) is 2.71. The van der Waals surface area contributed by atoms with Crippen LogP contribution in [0.2, 0.25) is 0 Å². The summed E-state index contributed by atoms with van der Waals surface area (Å²) in [6.45, 7) is 7.95. The number of hydrogen-bond acceptors (Lipinski definition) is 3. The van der Waals surface area contributed by atoms with Crippen LogP contribution in [0.1, 0.15) is 38.2 Å². The summed E-state index contributed by atoms with van der Waals surface area (Å²) < 4.78 is 6.07. The van der Waals surface area contributed by atoms with Crippen molar-refractivity contribution in [1.29, 1.82) is 0 Å². The number of benzene rings is 1. The van der Waals surface area contributed by atoms with Crippen molar-refractivity contribution < 1.29 is 4.74 Å². The molecule has 0 spiro atoms. The summed E-state index contributed by atoms with van der Waals surface area (Å²) >= 11 is 0. The van der Waals surface area contributed by atoms with E-state index in [2.05, 4.69) is 63.0 Å². The number of hydrogen-bond donors (Lipinski definition) is 2. The molecular weight excluding hydrogens is 336 g/mol. The molecule has 0 unspecified atom stereocenters. The first kappa shape index (κ1) is 21.5. The van der Waals surface area contributed by atoms with Crippen LogP contribution in [0.15, 0.2) is 47.5 Å². The molecule has 2 rings (SSSR count). The molecule has 150 valence electrons. The average molecular weight is 373 g/mol. The van der Waals surface area contributed by atoms with Crippen molar-refractivity contribution in [2.45, 2.75) is 45.3 Å². The summed E-state index contributed by atoms with van der Waals surface area (Å²) in [7, 11) is 1.81. The van der Waals surface area contributed by atoms with E-state index >= 15 is 0 Å². The summed E-state index contributed by atoms with van der Waals surface area (Å²) in [6.07, 6.45) is 8.92. The standard InChI is InChI=1S/C22H36N4O/c1-3-4-8-14-24-22(23-2)25-15-9-18-27-21-12-16-26(17-13-21)19-20-10-6-5-7-11-20/h3-7,10-11,21H,8-9,12-19H2,1-2H3,(H2,23,24,25)/b4-3+. The van der Waals surface area contributed by atoms with Crippen LogP contribution < -0.4 is 10.6 Å². The first-order valence-electron chi connectivity index (χ1n) is 10.3. The molecule has 1 aromatic rings. The molecule has 0 bridgehead atoms. The molecule has 5 nitrogen and oxygen atoms in total. The number of allylic oxidation sites excluding steroid dienone is 1. The zero-order valence-corrected chi connectivity index (χ0v) is 17.0. The van der Waals surface area contributed by atoms with Gasteiger partial charge in [0.25, 0.3) is 0 Å². The summed E-state index contributed by atoms with van der Waals surface area (Å²) in [4.78, 5) is 6.77. The highest BCUT2D eigenvalue weighted by Gasteiger charge is 2.19. The van der Waals surface area contributed by atoms with Crippen molar-refractivity contribution in [3.05, 3.63) is 48.0 Å². The quantitative estimate of drug-likeness (QED) is 0.287. The highest BCUT2D eigenvalue weighted by atomic mass is 16.5. The van der Waals surface area contributed by atoms with Gasteiger partial charge in [0.05, 0.1) is 6.10 Å². The number of ether oxygens (including phenoxy) is 1. The van der Waals surface area contributed by atoms with Gasteiger partial charge in [-0.2, -0.15) is 0 Å². The molecule has 2 N–H and O–H groups in total. The first-order valence-corrected chi connectivity index (χ1v) is 10.3. The van der Waals surface area contributed by atoms with Crippen molar-refractivity contribution in [2.24, 2.45) is 4.99 Å². The Morgan fingerprint density at radius 3 is 2.63 bits per heavy atom. The molecule has 0 amide bonds. The smallest absolute Gasteiger partial charge is 0.190 e. The lowest BCUT2D eigenvalue weighted by atomic mass is 10.1. The second-order valence-corrected chi connectivity index (χ2v) is 6.97. The highest BCUT2D eigenvalue weighted by molar-refractivity contribution is 5.79. The molecule has 0 aromatic heterocycles. The molecule has 5 heteroatoms. The Balaban J connectivity index is 1.50. The van der Waals surface area contributed by atoms with E-state index in [1.807, 2.05) is 14.0 Å². The van der Waals surface area contributed by atoms with Gasteiger partial charge in [0.15, 0.2) is 5.96 Å². The Hall–Kier alpha value is -1.85. The van der Waals surface area contributed by atoms with Gasteiger partial charge in [-0.25, -0.2) is 0 Å². The molecule has 1 aliphatic rings. The third kappa shape index (κ3) is 9.07. The maximum absolute atomic E-state index is 6.07. The fraction of sp³-hybridized carbons (Fsp3) is 0.591. The van der Waals surface area contributed by atoms with Gasteiger partial charge in [0, 0.05) is 46.4 Å². The number of guanidine groups is 1. The predicted molar refractivity (Wildman–Crippen MR) is 114 cm³/mol. The minimum absolute atomic E-state index is 0.412. The largest absolute Gasteiger partial charge is 0.378 e. The van der Waals surface area contributed by atoms with Crippen molar-refractivity contribution >= 4 is 5.96 Å². The zero-order valence-electron chi connectivity index (χ0n) is 17.0. The first-order chi connectivity index (χ1) is 13.3. The van der Waals surface area contributed by atoms with Gasteiger partial charge in [-0.15, -0.1) is 0 Å². The number of piperidine rings is 1. The topological polar surface area (TPSA) is 48.9 Å². The molecule has 0 radical (unpaired) electrons. The zero-order chi connectivity index (χ0) is 19.2. The molecule has 0 aliphatic carbocycles. The van der Waals surface area contributed by atoms with E-state index in [4.69, 9.17) is 4.74 Å². The van der Waals surface area contributed by atoms with Crippen molar-refractivity contribution in [3.63, 3.8) is 0 Å². The van der Waals surface area contributed by atoms with E-state index in [0.717, 1.165) is 71.0 Å². The fourth-order valence-electron chi connectivity index (χ4n) is 3.27. The lowest BCUT2D eigenvalue weighted by Crippen LogP contribution is -2.39. The predicted octanol–water partition coefficient (Wildman–Crippen LogP) is 3.19. The van der Waals surface area contributed by atoms with Crippen molar-refractivity contribution in [2.75, 3.05) is 39.8 Å². The number of likely N-dealkylation sites (tertiary alicyclic amines) is 1. The lowest BCUT2D eigenvalue weighted by molar-refractivity contribution is 0.00534. The summed E-state index contributed by atoms with van der Waals surface area (Å²) in [5.41, 5.74) is 1.40. The highest BCUT2D eigenvalue weighted by Crippen LogP contribution is 2.16. The number of aliphatic imine (C=N–C) groups is 1. The number of nitrogens with one attached hydrogen (secondary N) is 2. The SMILES string of the molecule is C/C=C/CCNC(=NC)NCCCOC1CCN(Cc2ccccc2)CC1. The molecule has 0 saturated carbocycles. The second-order valence-electron chi connectivity index (χ2n) is 6.97. The van der Waals surface area contributed by atoms with E-state index < -0.39 is 0 Å². The molecular formula is C22H36N4O. The minimum atomic E-state index is 0.412. The normalized spacial score (nSPS) is 16.7. The summed E-state index contributed by atoms with van der Waals surface area (Å²) in [6, 6.07) is 10.7. The minimum Gasteiger partial charge on any atom is -0.378 e. The van der Waals surface area contributed by atoms with Gasteiger partial charge in [0.1, 0.15) is 0 Å². The van der Waals surface area contributed by atoms with E-state index in [1.165, 1.54) is 5.56 Å². The summed E-state index contributed by atoms with van der Waals surface area (Å²) in [5, 5.41) is 6.66. The van der Waals surface area contributed by atoms with Crippen LogP contribution in [0.4, 0.5) is 0 Å². The van der Waals surface area contributed by atoms with Crippen LogP contribution in [0, 0.1) is 0 Å². The van der Waals surface area contributed by atoms with Gasteiger partial charge in [-0.05, 0) is 38.2 Å². The molecule has 1 saturated heterocycles. The Bertz CT molecular complexity index is 551. The van der Waals surface area contributed by atoms with Crippen LogP contribution >= 0.6 is 0 Å². The third-order valence-electron chi connectivity index (χ3n) is 4.81. The molecule has 1 aromatic carbocycles. The molecule has 1 fully saturated rings. The van der Waals surface area contributed by atoms with Crippen LogP contribution in [0.25, 0.3) is 0 Å². The van der Waals surface area contributed by atoms with Gasteiger partial charge in [0.2, 0.25) is 0 Å². The van der Waals surface area contributed by atoms with Crippen LogP contribution in [-0.4, -0.2) is 56.8 Å². The maximum atomic E-state index is 6.07.